The molecule has 0 radical (unpaired) electrons. The van der Waals surface area contributed by atoms with Crippen molar-refractivity contribution in [2.45, 2.75) is 130 Å². The lowest BCUT2D eigenvalue weighted by Gasteiger charge is -2.05. The maximum absolute atomic E-state index is 5.18. The normalized spacial score (nSPS) is 11.4. The number of hydrogen-bond acceptors (Lipinski definition) is 3. The Kier molecular flexibility index (Phi) is 35.7. The van der Waals surface area contributed by atoms with Crippen molar-refractivity contribution in [3.8, 4) is 0 Å². The smallest absolute Gasteiger partial charge is 0.149 e. The van der Waals surface area contributed by atoms with Gasteiger partial charge in [0.25, 0.3) is 0 Å². The second-order valence-electron chi connectivity index (χ2n) is 8.16. The van der Waals surface area contributed by atoms with Crippen molar-refractivity contribution in [2.24, 2.45) is 0 Å². The van der Waals surface area contributed by atoms with Crippen LogP contribution in [0.2, 0.25) is 0 Å². The van der Waals surface area contributed by atoms with Crippen LogP contribution in [0.1, 0.15) is 130 Å². The highest BCUT2D eigenvalue weighted by Gasteiger charge is 1.90. The van der Waals surface area contributed by atoms with E-state index in [0.29, 0.717) is 13.6 Å². The van der Waals surface area contributed by atoms with E-state index in [1.54, 1.807) is 0 Å². The molecule has 0 aromatic carbocycles. The van der Waals surface area contributed by atoms with Crippen molar-refractivity contribution in [3.63, 3.8) is 0 Å². The number of allylic oxidation sites excluding steroid dienone is 4. The van der Waals surface area contributed by atoms with Gasteiger partial charge >= 0.3 is 0 Å². The van der Waals surface area contributed by atoms with Crippen molar-refractivity contribution < 1.29 is 14.2 Å². The minimum Gasteiger partial charge on any atom is -0.355 e. The van der Waals surface area contributed by atoms with Gasteiger partial charge in [-0.05, 0) is 51.4 Å². The lowest BCUT2D eigenvalue weighted by atomic mass is 10.1. The average Bonchev–Trinajstić information content (AvgIpc) is 2.79. The second kappa shape index (κ2) is 34.0. The summed E-state index contributed by atoms with van der Waals surface area (Å²) in [5, 5.41) is 0. The molecule has 0 aromatic heterocycles. The Morgan fingerprint density at radius 2 is 0.839 bits per heavy atom. The molecule has 3 heteroatoms. The molecule has 186 valence electrons. The van der Waals surface area contributed by atoms with Gasteiger partial charge in [0.05, 0.1) is 0 Å². The maximum Gasteiger partial charge on any atom is 0.149 e. The van der Waals surface area contributed by atoms with Gasteiger partial charge in [-0.1, -0.05) is 103 Å². The summed E-state index contributed by atoms with van der Waals surface area (Å²) in [6, 6.07) is 0. The molecule has 0 aliphatic carbocycles. The fraction of sp³-hybridized carbons (Fsp3) is 0.857. The topological polar surface area (TPSA) is 27.7 Å². The Balaban J connectivity index is 0. The number of unbranched alkanes of at least 4 members (excludes halogenated alkanes) is 11. The van der Waals surface area contributed by atoms with Gasteiger partial charge in [0.2, 0.25) is 0 Å². The lowest BCUT2D eigenvalue weighted by Crippen LogP contribution is -2.06. The summed E-state index contributed by atoms with van der Waals surface area (Å²) in [6.07, 6.45) is 30.1. The van der Waals surface area contributed by atoms with Crippen LogP contribution in [-0.2, 0) is 14.2 Å². The van der Waals surface area contributed by atoms with E-state index in [2.05, 4.69) is 52.0 Å². The molecule has 0 rings (SSSR count). The molecule has 0 unspecified atom stereocenters. The Morgan fingerprint density at radius 1 is 0.419 bits per heavy atom. The summed E-state index contributed by atoms with van der Waals surface area (Å²) in [6.45, 7) is 11.0. The van der Waals surface area contributed by atoms with Crippen LogP contribution in [0.15, 0.2) is 24.3 Å². The molecule has 0 aliphatic rings. The van der Waals surface area contributed by atoms with Crippen LogP contribution in [0, 0.1) is 0 Å². The zero-order valence-corrected chi connectivity index (χ0v) is 21.7. The molecule has 0 heterocycles. The zero-order valence-electron chi connectivity index (χ0n) is 21.7. The quantitative estimate of drug-likeness (QED) is 0.0899. The van der Waals surface area contributed by atoms with Gasteiger partial charge in [0.15, 0.2) is 0 Å². The molecule has 0 saturated heterocycles. The molecule has 0 aliphatic heterocycles. The molecule has 0 amide bonds. The summed E-state index contributed by atoms with van der Waals surface area (Å²) in [4.78, 5) is 0. The van der Waals surface area contributed by atoms with E-state index in [1.807, 2.05) is 0 Å². The summed E-state index contributed by atoms with van der Waals surface area (Å²) in [5.41, 5.74) is 0. The molecule has 0 saturated carbocycles. The van der Waals surface area contributed by atoms with Crippen molar-refractivity contribution in [1.82, 2.24) is 0 Å². The molecule has 0 atom stereocenters. The molecule has 31 heavy (non-hydrogen) atoms. The first-order valence-corrected chi connectivity index (χ1v) is 13.4. The van der Waals surface area contributed by atoms with Crippen LogP contribution in [0.5, 0.6) is 0 Å². The Hall–Kier alpha value is -0.640. The highest BCUT2D eigenvalue weighted by molar-refractivity contribution is 4.81. The predicted molar refractivity (Wildman–Crippen MR) is 138 cm³/mol. The fourth-order valence-electron chi connectivity index (χ4n) is 2.84. The van der Waals surface area contributed by atoms with Gasteiger partial charge < -0.3 is 14.2 Å². The van der Waals surface area contributed by atoms with E-state index in [1.165, 1.54) is 77.0 Å². The molecule has 3 nitrogen and oxygen atoms in total. The minimum absolute atomic E-state index is 0.353. The standard InChI is InChI=1S/C18H34.C10H22O3/c1-3-5-7-9-11-13-15-17-18-16-14-12-10-8-6-4-2;1-3-5-7-11-9-13-10-12-8-6-4-2/h5,7,10,12H,3-4,6,8-9,11,13-18H2,1-2H3;3-10H2,1-2H3/b7-5+,12-10-;. The van der Waals surface area contributed by atoms with E-state index in [0.717, 1.165) is 38.9 Å². The van der Waals surface area contributed by atoms with E-state index in [-0.39, 0.29) is 0 Å². The molecule has 0 fully saturated rings. The van der Waals surface area contributed by atoms with Crippen LogP contribution in [0.4, 0.5) is 0 Å². The summed E-state index contributed by atoms with van der Waals surface area (Å²) < 4.78 is 15.4. The fourth-order valence-corrected chi connectivity index (χ4v) is 2.84. The maximum atomic E-state index is 5.18. The van der Waals surface area contributed by atoms with Gasteiger partial charge in [-0.25, -0.2) is 0 Å². The first-order valence-electron chi connectivity index (χ1n) is 13.4. The third-order valence-electron chi connectivity index (χ3n) is 4.90. The first-order chi connectivity index (χ1) is 15.3. The van der Waals surface area contributed by atoms with Crippen LogP contribution in [-0.4, -0.2) is 26.8 Å². The summed E-state index contributed by atoms with van der Waals surface area (Å²) in [5.74, 6) is 0. The van der Waals surface area contributed by atoms with Crippen LogP contribution in [0.25, 0.3) is 0 Å². The molecule has 0 spiro atoms. The van der Waals surface area contributed by atoms with Gasteiger partial charge in [0.1, 0.15) is 13.6 Å². The third kappa shape index (κ3) is 37.0. The molecular formula is C28H56O3. The highest BCUT2D eigenvalue weighted by Crippen LogP contribution is 2.09. The van der Waals surface area contributed by atoms with Gasteiger partial charge in [0, 0.05) is 13.2 Å². The van der Waals surface area contributed by atoms with Crippen molar-refractivity contribution >= 4 is 0 Å². The van der Waals surface area contributed by atoms with Crippen molar-refractivity contribution in [1.29, 1.82) is 0 Å². The number of hydrogen-bond donors (Lipinski definition) is 0. The highest BCUT2D eigenvalue weighted by atomic mass is 16.7. The van der Waals surface area contributed by atoms with E-state index < -0.39 is 0 Å². The first kappa shape index (κ1) is 32.5. The monoisotopic (exact) mass is 440 g/mol. The number of rotatable bonds is 23. The lowest BCUT2D eigenvalue weighted by molar-refractivity contribution is -0.131. The van der Waals surface area contributed by atoms with Crippen molar-refractivity contribution in [2.75, 3.05) is 26.8 Å². The largest absolute Gasteiger partial charge is 0.355 e. The molecule has 0 bridgehead atoms. The van der Waals surface area contributed by atoms with Crippen molar-refractivity contribution in [3.05, 3.63) is 24.3 Å². The average molecular weight is 441 g/mol. The van der Waals surface area contributed by atoms with Crippen LogP contribution >= 0.6 is 0 Å². The van der Waals surface area contributed by atoms with E-state index in [9.17, 15) is 0 Å². The van der Waals surface area contributed by atoms with Gasteiger partial charge in [-0.2, -0.15) is 0 Å². The van der Waals surface area contributed by atoms with Crippen LogP contribution < -0.4 is 0 Å². The molecule has 0 N–H and O–H groups in total. The number of ether oxygens (including phenoxy) is 3. The predicted octanol–water partition coefficient (Wildman–Crippen LogP) is 9.37. The van der Waals surface area contributed by atoms with Gasteiger partial charge in [-0.3, -0.25) is 0 Å². The second-order valence-corrected chi connectivity index (χ2v) is 8.16. The Morgan fingerprint density at radius 3 is 1.29 bits per heavy atom. The zero-order chi connectivity index (χ0) is 23.1. The molecular weight excluding hydrogens is 384 g/mol. The van der Waals surface area contributed by atoms with E-state index >= 15 is 0 Å². The molecule has 0 aromatic rings. The summed E-state index contributed by atoms with van der Waals surface area (Å²) in [7, 11) is 0. The third-order valence-corrected chi connectivity index (χ3v) is 4.90. The van der Waals surface area contributed by atoms with Gasteiger partial charge in [-0.15, -0.1) is 0 Å². The van der Waals surface area contributed by atoms with Crippen LogP contribution in [0.3, 0.4) is 0 Å². The Bertz CT molecular complexity index is 329. The van der Waals surface area contributed by atoms with E-state index in [4.69, 9.17) is 14.2 Å². The SMILES string of the molecule is CC/C=C/CCCCCCCC/C=C\CCCC.CCCCOCOCOCCCC. The minimum atomic E-state index is 0.353. The Labute approximate surface area is 196 Å². The summed E-state index contributed by atoms with van der Waals surface area (Å²) >= 11 is 0.